The third-order valence-electron chi connectivity index (χ3n) is 3.67. The second kappa shape index (κ2) is 5.53. The van der Waals surface area contributed by atoms with E-state index < -0.39 is 0 Å². The highest BCUT2D eigenvalue weighted by atomic mass is 16.5. The maximum atomic E-state index is 11.7. The fourth-order valence-electron chi connectivity index (χ4n) is 2.72. The second-order valence-corrected chi connectivity index (χ2v) is 4.98. The molecule has 1 aromatic rings. The molecule has 1 fully saturated rings. The number of carbonyl (C=O) groups excluding carboxylic acids is 1. The smallest absolute Gasteiger partial charge is 0.311 e. The van der Waals surface area contributed by atoms with E-state index in [1.165, 1.54) is 12.7 Å². The Morgan fingerprint density at radius 3 is 2.67 bits per heavy atom. The third-order valence-corrected chi connectivity index (χ3v) is 3.67. The molecule has 0 radical (unpaired) electrons. The predicted octanol–water partition coefficient (Wildman–Crippen LogP) is 2.76. The lowest BCUT2D eigenvalue weighted by Gasteiger charge is -2.23. The quantitative estimate of drug-likeness (QED) is 0.772. The lowest BCUT2D eigenvalue weighted by atomic mass is 9.85. The lowest BCUT2D eigenvalue weighted by Crippen LogP contribution is -2.30. The number of benzene rings is 1. The van der Waals surface area contributed by atoms with Gasteiger partial charge in [0.2, 0.25) is 0 Å². The van der Waals surface area contributed by atoms with Crippen LogP contribution in [0.4, 0.5) is 0 Å². The molecule has 3 nitrogen and oxygen atoms in total. The van der Waals surface area contributed by atoms with Gasteiger partial charge in [-0.15, -0.1) is 0 Å². The zero-order valence-corrected chi connectivity index (χ0v) is 11.1. The molecular weight excluding hydrogens is 228 g/mol. The molecule has 0 aliphatic carbocycles. The number of hydrogen-bond donors (Lipinski definition) is 0. The van der Waals surface area contributed by atoms with Crippen LogP contribution in [-0.4, -0.2) is 25.3 Å². The molecule has 98 valence electrons. The first-order valence-electron chi connectivity index (χ1n) is 6.41. The van der Waals surface area contributed by atoms with Crippen LogP contribution in [0.1, 0.15) is 31.7 Å². The van der Waals surface area contributed by atoms with Crippen molar-refractivity contribution in [3.63, 3.8) is 0 Å². The minimum Gasteiger partial charge on any atom is -0.469 e. The van der Waals surface area contributed by atoms with Crippen LogP contribution >= 0.6 is 0 Å². The highest BCUT2D eigenvalue weighted by Gasteiger charge is 2.40. The number of rotatable bonds is 3. The number of esters is 1. The van der Waals surface area contributed by atoms with Crippen LogP contribution in [0.5, 0.6) is 0 Å². The van der Waals surface area contributed by atoms with Gasteiger partial charge >= 0.3 is 5.97 Å². The number of carbonyl (C=O) groups is 1. The highest BCUT2D eigenvalue weighted by molar-refractivity contribution is 5.72. The van der Waals surface area contributed by atoms with Crippen molar-refractivity contribution in [2.24, 2.45) is 5.92 Å². The zero-order chi connectivity index (χ0) is 13.1. The van der Waals surface area contributed by atoms with Gasteiger partial charge in [-0.2, -0.15) is 0 Å². The average molecular weight is 248 g/mol. The average Bonchev–Trinajstić information content (AvgIpc) is 2.80. The van der Waals surface area contributed by atoms with Crippen LogP contribution in [0, 0.1) is 5.92 Å². The first-order chi connectivity index (χ1) is 8.63. The minimum atomic E-state index is -0.231. The van der Waals surface area contributed by atoms with Gasteiger partial charge in [-0.1, -0.05) is 30.3 Å². The lowest BCUT2D eigenvalue weighted by molar-refractivity contribution is -0.150. The molecule has 1 aliphatic rings. The third kappa shape index (κ3) is 2.56. The molecule has 0 bridgehead atoms. The number of hydrogen-bond acceptors (Lipinski definition) is 3. The molecule has 1 aromatic carbocycles. The summed E-state index contributed by atoms with van der Waals surface area (Å²) in [6.45, 7) is 3.93. The molecule has 0 N–H and O–H groups in total. The Kier molecular flexibility index (Phi) is 4.02. The summed E-state index contributed by atoms with van der Waals surface area (Å²) in [7, 11) is 1.43. The molecule has 0 unspecified atom stereocenters. The van der Waals surface area contributed by atoms with Crippen molar-refractivity contribution < 1.29 is 14.3 Å². The van der Waals surface area contributed by atoms with Crippen molar-refractivity contribution in [2.75, 3.05) is 7.11 Å². The Morgan fingerprint density at radius 1 is 1.39 bits per heavy atom. The summed E-state index contributed by atoms with van der Waals surface area (Å²) in [5.74, 6) is -0.157. The normalized spacial score (nSPS) is 28.9. The van der Waals surface area contributed by atoms with Gasteiger partial charge in [-0.3, -0.25) is 4.79 Å². The SMILES string of the molecule is COC(=O)[C@H](C)[C@@H]1O[C@@H](C)C[C@H]1c1ccccc1. The Balaban J connectivity index is 2.20. The van der Waals surface area contributed by atoms with Gasteiger partial charge in [0.1, 0.15) is 0 Å². The maximum absolute atomic E-state index is 11.7. The van der Waals surface area contributed by atoms with Gasteiger partial charge in [0.05, 0.1) is 25.2 Å². The van der Waals surface area contributed by atoms with Crippen molar-refractivity contribution in [1.29, 1.82) is 0 Å². The van der Waals surface area contributed by atoms with Crippen molar-refractivity contribution in [1.82, 2.24) is 0 Å². The molecule has 1 heterocycles. The van der Waals surface area contributed by atoms with Crippen LogP contribution in [-0.2, 0) is 14.3 Å². The van der Waals surface area contributed by atoms with Crippen LogP contribution in [0.2, 0.25) is 0 Å². The fraction of sp³-hybridized carbons (Fsp3) is 0.533. The second-order valence-electron chi connectivity index (χ2n) is 4.98. The van der Waals surface area contributed by atoms with E-state index >= 15 is 0 Å². The summed E-state index contributed by atoms with van der Waals surface area (Å²) in [4.78, 5) is 11.7. The maximum Gasteiger partial charge on any atom is 0.311 e. The Bertz CT molecular complexity index is 401. The molecule has 0 aromatic heterocycles. The van der Waals surface area contributed by atoms with Gasteiger partial charge in [-0.05, 0) is 25.8 Å². The Labute approximate surface area is 108 Å². The Hall–Kier alpha value is -1.35. The number of ether oxygens (including phenoxy) is 2. The topological polar surface area (TPSA) is 35.5 Å². The first kappa shape index (κ1) is 13.1. The van der Waals surface area contributed by atoms with E-state index in [1.807, 2.05) is 25.1 Å². The van der Waals surface area contributed by atoms with Crippen molar-refractivity contribution >= 4 is 5.97 Å². The van der Waals surface area contributed by atoms with Crippen molar-refractivity contribution in [3.05, 3.63) is 35.9 Å². The van der Waals surface area contributed by atoms with Gasteiger partial charge in [0, 0.05) is 5.92 Å². The predicted molar refractivity (Wildman–Crippen MR) is 69.3 cm³/mol. The van der Waals surface area contributed by atoms with Gasteiger partial charge in [-0.25, -0.2) is 0 Å². The summed E-state index contributed by atoms with van der Waals surface area (Å²) in [6, 6.07) is 10.3. The molecule has 1 saturated heterocycles. The van der Waals surface area contributed by atoms with Crippen LogP contribution < -0.4 is 0 Å². The van der Waals surface area contributed by atoms with E-state index in [9.17, 15) is 4.79 Å². The van der Waals surface area contributed by atoms with E-state index in [-0.39, 0.29) is 30.0 Å². The van der Waals surface area contributed by atoms with Gasteiger partial charge in [0.15, 0.2) is 0 Å². The van der Waals surface area contributed by atoms with Crippen LogP contribution in [0.3, 0.4) is 0 Å². The Morgan fingerprint density at radius 2 is 2.06 bits per heavy atom. The van der Waals surface area contributed by atoms with Crippen molar-refractivity contribution in [2.45, 2.75) is 38.4 Å². The molecule has 18 heavy (non-hydrogen) atoms. The van der Waals surface area contributed by atoms with E-state index in [2.05, 4.69) is 19.1 Å². The first-order valence-corrected chi connectivity index (χ1v) is 6.41. The van der Waals surface area contributed by atoms with Gasteiger partial charge < -0.3 is 9.47 Å². The minimum absolute atomic E-state index is 0.0881. The zero-order valence-electron chi connectivity index (χ0n) is 11.1. The summed E-state index contributed by atoms with van der Waals surface area (Å²) < 4.78 is 10.7. The monoisotopic (exact) mass is 248 g/mol. The highest BCUT2D eigenvalue weighted by Crippen LogP contribution is 2.38. The summed E-state index contributed by atoms with van der Waals surface area (Å²) in [6.07, 6.45) is 1.05. The summed E-state index contributed by atoms with van der Waals surface area (Å²) >= 11 is 0. The van der Waals surface area contributed by atoms with E-state index in [0.29, 0.717) is 0 Å². The molecule has 2 rings (SSSR count). The molecule has 4 atom stereocenters. The van der Waals surface area contributed by atoms with E-state index in [4.69, 9.17) is 9.47 Å². The van der Waals surface area contributed by atoms with E-state index in [0.717, 1.165) is 6.42 Å². The summed E-state index contributed by atoms with van der Waals surface area (Å²) in [5, 5.41) is 0. The standard InChI is InChI=1S/C15H20O3/c1-10-9-13(12-7-5-4-6-8-12)14(18-10)11(2)15(16)17-3/h4-8,10-11,13-14H,9H2,1-3H3/t10-,11+,13-,14-/m0/s1. The molecule has 3 heteroatoms. The molecular formula is C15H20O3. The molecule has 0 amide bonds. The number of methoxy groups -OCH3 is 1. The fourth-order valence-corrected chi connectivity index (χ4v) is 2.72. The van der Waals surface area contributed by atoms with Crippen LogP contribution in [0.25, 0.3) is 0 Å². The summed E-state index contributed by atoms with van der Waals surface area (Å²) in [5.41, 5.74) is 1.24. The largest absolute Gasteiger partial charge is 0.469 e. The molecule has 0 saturated carbocycles. The molecule has 1 aliphatic heterocycles. The van der Waals surface area contributed by atoms with Gasteiger partial charge in [0.25, 0.3) is 0 Å². The van der Waals surface area contributed by atoms with Crippen LogP contribution in [0.15, 0.2) is 30.3 Å². The van der Waals surface area contributed by atoms with E-state index in [1.54, 1.807) is 0 Å². The molecule has 0 spiro atoms. The van der Waals surface area contributed by atoms with Crippen molar-refractivity contribution in [3.8, 4) is 0 Å².